The summed E-state index contributed by atoms with van der Waals surface area (Å²) in [6.45, 7) is 3.52. The van der Waals surface area contributed by atoms with Crippen molar-refractivity contribution in [1.82, 2.24) is 0 Å². The van der Waals surface area contributed by atoms with Gasteiger partial charge in [-0.25, -0.2) is 8.42 Å². The molecule has 0 unspecified atom stereocenters. The van der Waals surface area contributed by atoms with Crippen molar-refractivity contribution < 1.29 is 13.2 Å². The molecule has 1 aliphatic heterocycles. The molecule has 0 atom stereocenters. The summed E-state index contributed by atoms with van der Waals surface area (Å²) in [6, 6.07) is 5.30. The lowest BCUT2D eigenvalue weighted by Gasteiger charge is -2.11. The van der Waals surface area contributed by atoms with Crippen molar-refractivity contribution in [1.29, 1.82) is 0 Å². The summed E-state index contributed by atoms with van der Waals surface area (Å²) in [5.74, 6) is -0.253. The van der Waals surface area contributed by atoms with Crippen LogP contribution < -0.4 is 0 Å². The molecule has 0 bridgehead atoms. The molecule has 5 heteroatoms. The fourth-order valence-electron chi connectivity index (χ4n) is 2.51. The summed E-state index contributed by atoms with van der Waals surface area (Å²) in [5.41, 5.74) is 2.32. The summed E-state index contributed by atoms with van der Waals surface area (Å²) in [5, 5.41) is 1.77. The predicted octanol–water partition coefficient (Wildman–Crippen LogP) is 2.88. The zero-order valence-corrected chi connectivity index (χ0v) is 12.2. The van der Waals surface area contributed by atoms with Gasteiger partial charge in [0.15, 0.2) is 9.84 Å². The minimum Gasteiger partial charge on any atom is -0.288 e. The van der Waals surface area contributed by atoms with Crippen LogP contribution in [0.3, 0.4) is 0 Å². The maximum atomic E-state index is 12.6. The zero-order chi connectivity index (χ0) is 13.8. The summed E-state index contributed by atoms with van der Waals surface area (Å²) in [7, 11) is -3.46. The van der Waals surface area contributed by atoms with E-state index in [-0.39, 0.29) is 16.4 Å². The van der Waals surface area contributed by atoms with E-state index in [1.807, 2.05) is 0 Å². The Morgan fingerprint density at radius 3 is 2.53 bits per heavy atom. The van der Waals surface area contributed by atoms with Crippen molar-refractivity contribution in [3.8, 4) is 0 Å². The van der Waals surface area contributed by atoms with Gasteiger partial charge in [0.2, 0.25) is 5.78 Å². The molecule has 3 rings (SSSR count). The van der Waals surface area contributed by atoms with Gasteiger partial charge in [0.25, 0.3) is 0 Å². The number of fused-ring (bicyclic) bond motifs is 2. The minimum absolute atomic E-state index is 0.0884. The normalized spacial score (nSPS) is 16.6. The van der Waals surface area contributed by atoms with Crippen LogP contribution in [-0.4, -0.2) is 14.2 Å². The van der Waals surface area contributed by atoms with Gasteiger partial charge in [-0.1, -0.05) is 12.1 Å². The number of carbonyl (C=O) groups is 1. The highest BCUT2D eigenvalue weighted by Gasteiger charge is 2.33. The lowest BCUT2D eigenvalue weighted by atomic mass is 10.00. The molecule has 0 radical (unpaired) electrons. The average molecular weight is 292 g/mol. The van der Waals surface area contributed by atoms with Crippen LogP contribution in [0.1, 0.15) is 31.9 Å². The first-order valence-corrected chi connectivity index (χ1v) is 8.39. The second kappa shape index (κ2) is 4.02. The Morgan fingerprint density at radius 1 is 1.11 bits per heavy atom. The molecule has 0 fully saturated rings. The van der Waals surface area contributed by atoms with E-state index in [1.165, 1.54) is 11.3 Å². The molecule has 1 aliphatic rings. The first-order chi connectivity index (χ1) is 8.92. The maximum absolute atomic E-state index is 12.6. The second-order valence-electron chi connectivity index (χ2n) is 4.77. The van der Waals surface area contributed by atoms with Crippen LogP contribution in [0.25, 0.3) is 0 Å². The smallest absolute Gasteiger partial charge is 0.204 e. The van der Waals surface area contributed by atoms with Crippen molar-refractivity contribution in [3.05, 3.63) is 50.7 Å². The van der Waals surface area contributed by atoms with Crippen LogP contribution in [0.2, 0.25) is 0 Å². The summed E-state index contributed by atoms with van der Waals surface area (Å²) in [4.78, 5) is 13.4. The molecule has 98 valence electrons. The summed E-state index contributed by atoms with van der Waals surface area (Å²) < 4.78 is 25.0. The van der Waals surface area contributed by atoms with Crippen molar-refractivity contribution in [2.24, 2.45) is 0 Å². The van der Waals surface area contributed by atoms with E-state index in [0.29, 0.717) is 21.6 Å². The zero-order valence-electron chi connectivity index (χ0n) is 10.6. The molecule has 1 aromatic heterocycles. The third-order valence-electron chi connectivity index (χ3n) is 3.40. The van der Waals surface area contributed by atoms with Crippen molar-refractivity contribution >= 4 is 27.0 Å². The highest BCUT2D eigenvalue weighted by Crippen LogP contribution is 2.35. The van der Waals surface area contributed by atoms with Crippen molar-refractivity contribution in [2.45, 2.75) is 24.5 Å². The Balaban J connectivity index is 2.48. The Kier molecular flexibility index (Phi) is 2.66. The molecule has 0 saturated carbocycles. The number of aryl methyl sites for hydroxylation is 2. The van der Waals surface area contributed by atoms with Crippen LogP contribution in [0, 0.1) is 13.8 Å². The molecule has 0 aliphatic carbocycles. The number of benzene rings is 1. The van der Waals surface area contributed by atoms with Crippen LogP contribution in [0.4, 0.5) is 0 Å². The van der Waals surface area contributed by atoms with E-state index in [0.717, 1.165) is 5.56 Å². The van der Waals surface area contributed by atoms with Gasteiger partial charge < -0.3 is 0 Å². The fourth-order valence-corrected chi connectivity index (χ4v) is 5.39. The van der Waals surface area contributed by atoms with Crippen LogP contribution >= 0.6 is 11.3 Å². The third kappa shape index (κ3) is 1.76. The molecule has 2 heterocycles. The van der Waals surface area contributed by atoms with Gasteiger partial charge in [-0.15, -0.1) is 11.3 Å². The molecule has 0 amide bonds. The van der Waals surface area contributed by atoms with Gasteiger partial charge in [0.1, 0.15) is 0 Å². The standard InChI is InChI=1S/C14H12O3S2/c1-8-3-4-9(2)14-11(8)12(15)13-10(5-6-18-13)7-19(14,16)17/h3-6H,7H2,1-2H3. The first kappa shape index (κ1) is 12.6. The largest absolute Gasteiger partial charge is 0.288 e. The average Bonchev–Trinajstić information content (AvgIpc) is 2.74. The van der Waals surface area contributed by atoms with Gasteiger partial charge in [-0.3, -0.25) is 4.79 Å². The molecular weight excluding hydrogens is 280 g/mol. The summed E-state index contributed by atoms with van der Waals surface area (Å²) >= 11 is 1.31. The number of sulfone groups is 1. The lowest BCUT2D eigenvalue weighted by molar-refractivity contribution is 0.103. The van der Waals surface area contributed by atoms with Gasteiger partial charge in [0, 0.05) is 5.56 Å². The molecule has 0 spiro atoms. The number of carbonyl (C=O) groups excluding carboxylic acids is 1. The number of thiophene rings is 1. The van der Waals surface area contributed by atoms with Crippen molar-refractivity contribution in [3.63, 3.8) is 0 Å². The van der Waals surface area contributed by atoms with Gasteiger partial charge in [0.05, 0.1) is 15.5 Å². The van der Waals surface area contributed by atoms with Gasteiger partial charge >= 0.3 is 0 Å². The fraction of sp³-hybridized carbons (Fsp3) is 0.214. The Bertz CT molecular complexity index is 798. The van der Waals surface area contributed by atoms with Gasteiger partial charge in [-0.2, -0.15) is 0 Å². The van der Waals surface area contributed by atoms with Crippen molar-refractivity contribution in [2.75, 3.05) is 0 Å². The monoisotopic (exact) mass is 292 g/mol. The Hall–Kier alpha value is -1.46. The van der Waals surface area contributed by atoms with E-state index < -0.39 is 9.84 Å². The molecule has 2 aromatic rings. The molecule has 19 heavy (non-hydrogen) atoms. The van der Waals surface area contributed by atoms with E-state index in [2.05, 4.69) is 0 Å². The van der Waals surface area contributed by atoms with Gasteiger partial charge in [-0.05, 0) is 42.0 Å². The van der Waals surface area contributed by atoms with E-state index in [4.69, 9.17) is 0 Å². The quantitative estimate of drug-likeness (QED) is 0.750. The van der Waals surface area contributed by atoms with Crippen LogP contribution in [0.5, 0.6) is 0 Å². The van der Waals surface area contributed by atoms with E-state index >= 15 is 0 Å². The number of hydrogen-bond acceptors (Lipinski definition) is 4. The second-order valence-corrected chi connectivity index (χ2v) is 7.61. The number of rotatable bonds is 0. The molecule has 0 N–H and O–H groups in total. The highest BCUT2D eigenvalue weighted by molar-refractivity contribution is 7.90. The highest BCUT2D eigenvalue weighted by atomic mass is 32.2. The Morgan fingerprint density at radius 2 is 1.79 bits per heavy atom. The SMILES string of the molecule is Cc1ccc(C)c2c1C(=O)c1sccc1CS2(=O)=O. The maximum Gasteiger partial charge on any atom is 0.204 e. The summed E-state index contributed by atoms with van der Waals surface area (Å²) in [6.07, 6.45) is 0. The topological polar surface area (TPSA) is 51.2 Å². The molecule has 0 saturated heterocycles. The van der Waals surface area contributed by atoms with E-state index in [9.17, 15) is 13.2 Å². The molecular formula is C14H12O3S2. The van der Waals surface area contributed by atoms with Crippen LogP contribution in [-0.2, 0) is 15.6 Å². The molecule has 3 nitrogen and oxygen atoms in total. The Labute approximate surface area is 115 Å². The predicted molar refractivity (Wildman–Crippen MR) is 74.6 cm³/mol. The molecule has 1 aromatic carbocycles. The van der Waals surface area contributed by atoms with Crippen LogP contribution in [0.15, 0.2) is 28.5 Å². The first-order valence-electron chi connectivity index (χ1n) is 5.86. The minimum atomic E-state index is -3.46. The number of hydrogen-bond donors (Lipinski definition) is 0. The lowest BCUT2D eigenvalue weighted by Crippen LogP contribution is -2.10. The third-order valence-corrected chi connectivity index (χ3v) is 6.19. The number of ketones is 1. The van der Waals surface area contributed by atoms with E-state index in [1.54, 1.807) is 37.4 Å².